The van der Waals surface area contributed by atoms with E-state index in [-0.39, 0.29) is 18.3 Å². The Morgan fingerprint density at radius 1 is 1.07 bits per heavy atom. The van der Waals surface area contributed by atoms with Gasteiger partial charge in [0.1, 0.15) is 17.9 Å². The highest BCUT2D eigenvalue weighted by Crippen LogP contribution is 2.38. The van der Waals surface area contributed by atoms with Crippen molar-refractivity contribution in [3.63, 3.8) is 0 Å². The van der Waals surface area contributed by atoms with Crippen LogP contribution in [-0.4, -0.2) is 49.7 Å². The van der Waals surface area contributed by atoms with Gasteiger partial charge in [-0.25, -0.2) is 14.5 Å². The van der Waals surface area contributed by atoms with Crippen LogP contribution in [0.25, 0.3) is 16.4 Å². The van der Waals surface area contributed by atoms with Crippen molar-refractivity contribution in [2.45, 2.75) is 64.7 Å². The first kappa shape index (κ1) is 30.8. The summed E-state index contributed by atoms with van der Waals surface area (Å²) in [5.74, 6) is -0.123. The average molecular weight is 639 g/mol. The quantitative estimate of drug-likeness (QED) is 0.207. The minimum Gasteiger partial charge on any atom is -0.489 e. The van der Waals surface area contributed by atoms with Crippen molar-refractivity contribution in [3.05, 3.63) is 81.5 Å². The molecule has 1 aliphatic heterocycles. The largest absolute Gasteiger partial charge is 0.489 e. The zero-order valence-electron chi connectivity index (χ0n) is 24.9. The first-order valence-corrected chi connectivity index (χ1v) is 15.8. The summed E-state index contributed by atoms with van der Waals surface area (Å²) in [6, 6.07) is 12.9. The third-order valence-electron chi connectivity index (χ3n) is 8.44. The molecule has 1 N–H and O–H groups in total. The highest BCUT2D eigenvalue weighted by atomic mass is 32.1. The number of alkyl halides is 3. The summed E-state index contributed by atoms with van der Waals surface area (Å²) < 4.78 is 48.3. The Balaban J connectivity index is 1.19. The van der Waals surface area contributed by atoms with E-state index < -0.39 is 23.4 Å². The van der Waals surface area contributed by atoms with Gasteiger partial charge in [-0.05, 0) is 80.3 Å². The molecule has 0 bridgehead atoms. The number of carboxylic acid groups (broad SMARTS) is 1. The zero-order valence-corrected chi connectivity index (χ0v) is 25.7. The van der Waals surface area contributed by atoms with Gasteiger partial charge in [-0.1, -0.05) is 25.1 Å². The Bertz CT molecular complexity index is 1740. The lowest BCUT2D eigenvalue weighted by Gasteiger charge is -2.32. The number of aromatic nitrogens is 3. The third kappa shape index (κ3) is 6.47. The van der Waals surface area contributed by atoms with Crippen LogP contribution in [0.15, 0.2) is 48.7 Å². The third-order valence-corrected chi connectivity index (χ3v) is 9.55. The van der Waals surface area contributed by atoms with E-state index in [4.69, 9.17) is 4.74 Å². The smallest absolute Gasteiger partial charge is 0.434 e. The highest BCUT2D eigenvalue weighted by molar-refractivity contribution is 7.15. The predicted molar refractivity (Wildman–Crippen MR) is 163 cm³/mol. The van der Waals surface area contributed by atoms with Crippen LogP contribution in [0.1, 0.15) is 76.1 Å². The molecule has 0 atom stereocenters. The predicted octanol–water partition coefficient (Wildman–Crippen LogP) is 7.28. The van der Waals surface area contributed by atoms with Crippen molar-refractivity contribution in [2.75, 3.05) is 13.1 Å². The SMILES string of the molecule is CCc1cc(C2CCN(C(=O)C3CC3)CC2)ccc1OCc1cc(C)sc1-c1cccc(-n2ncc(C(=O)O)c2C(F)(F)F)n1. The van der Waals surface area contributed by atoms with Crippen LogP contribution in [0, 0.1) is 12.8 Å². The van der Waals surface area contributed by atoms with E-state index in [1.54, 1.807) is 12.1 Å². The fourth-order valence-electron chi connectivity index (χ4n) is 5.96. The summed E-state index contributed by atoms with van der Waals surface area (Å²) >= 11 is 1.45. The van der Waals surface area contributed by atoms with Crippen LogP contribution in [0.2, 0.25) is 0 Å². The topological polar surface area (TPSA) is 97.6 Å². The molecule has 4 aromatic rings. The van der Waals surface area contributed by atoms with Crippen LogP contribution in [0.5, 0.6) is 5.75 Å². The number of nitrogens with zero attached hydrogens (tertiary/aromatic N) is 4. The number of pyridine rings is 1. The number of halogens is 3. The van der Waals surface area contributed by atoms with E-state index in [1.807, 2.05) is 24.0 Å². The van der Waals surface area contributed by atoms with Crippen molar-refractivity contribution in [1.82, 2.24) is 19.7 Å². The van der Waals surface area contributed by atoms with Gasteiger partial charge in [-0.15, -0.1) is 11.3 Å². The maximum Gasteiger partial charge on any atom is 0.434 e. The molecular formula is C33H33F3N4O4S. The number of rotatable bonds is 9. The molecule has 45 heavy (non-hydrogen) atoms. The number of carboxylic acids is 1. The van der Waals surface area contributed by atoms with Gasteiger partial charge in [0.2, 0.25) is 5.91 Å². The molecule has 1 amide bonds. The van der Waals surface area contributed by atoms with E-state index in [0.29, 0.717) is 28.4 Å². The second kappa shape index (κ2) is 12.3. The molecule has 1 saturated heterocycles. The Morgan fingerprint density at radius 3 is 2.49 bits per heavy atom. The maximum absolute atomic E-state index is 13.8. The second-order valence-electron chi connectivity index (χ2n) is 11.6. The van der Waals surface area contributed by atoms with E-state index >= 15 is 0 Å². The van der Waals surface area contributed by atoms with Crippen LogP contribution in [-0.2, 0) is 24.0 Å². The minimum absolute atomic E-state index is 0.142. The van der Waals surface area contributed by atoms with Gasteiger partial charge in [0.05, 0.1) is 16.8 Å². The summed E-state index contributed by atoms with van der Waals surface area (Å²) in [4.78, 5) is 32.1. The highest BCUT2D eigenvalue weighted by Gasteiger charge is 2.41. The van der Waals surface area contributed by atoms with Gasteiger partial charge in [-0.2, -0.15) is 18.3 Å². The molecule has 6 rings (SSSR count). The van der Waals surface area contributed by atoms with Crippen LogP contribution in [0.4, 0.5) is 13.2 Å². The molecule has 1 saturated carbocycles. The number of carbonyl (C=O) groups is 2. The molecule has 236 valence electrons. The average Bonchev–Trinajstić information content (AvgIpc) is 3.65. The summed E-state index contributed by atoms with van der Waals surface area (Å²) in [5, 5.41) is 13.0. The van der Waals surface area contributed by atoms with Gasteiger partial charge < -0.3 is 14.7 Å². The Labute approximate surface area is 262 Å². The van der Waals surface area contributed by atoms with Crippen molar-refractivity contribution in [3.8, 4) is 22.1 Å². The lowest BCUT2D eigenvalue weighted by atomic mass is 9.88. The number of carbonyl (C=O) groups excluding carboxylic acids is 1. The van der Waals surface area contributed by atoms with Crippen molar-refractivity contribution >= 4 is 23.2 Å². The molecule has 2 fully saturated rings. The number of hydrogen-bond acceptors (Lipinski definition) is 6. The standard InChI is InChI=1S/C33H33F3N4O4S/c1-3-20-16-23(21-11-13-39(14-12-21)31(41)22-7-8-22)9-10-27(20)44-18-24-15-19(2)45-29(24)26-5-4-6-28(38-26)40-30(33(34,35)36)25(17-37-40)32(42)43/h4-6,9-10,15-17,21-22H,3,7-8,11-14,18H2,1-2H3,(H,42,43). The molecule has 3 aromatic heterocycles. The van der Waals surface area contributed by atoms with Crippen LogP contribution >= 0.6 is 11.3 Å². The fourth-order valence-corrected chi connectivity index (χ4v) is 6.95. The van der Waals surface area contributed by atoms with Gasteiger partial charge in [0.15, 0.2) is 11.5 Å². The number of aryl methyl sites for hydroxylation is 2. The number of benzene rings is 1. The number of piperidine rings is 1. The van der Waals surface area contributed by atoms with Gasteiger partial charge in [-0.3, -0.25) is 4.79 Å². The van der Waals surface area contributed by atoms with Gasteiger partial charge in [0, 0.05) is 29.4 Å². The summed E-state index contributed by atoms with van der Waals surface area (Å²) in [6.07, 6.45) is 0.476. The van der Waals surface area contributed by atoms with E-state index in [9.17, 15) is 27.9 Å². The molecule has 12 heteroatoms. The molecule has 4 heterocycles. The molecule has 0 unspecified atom stereocenters. The zero-order chi connectivity index (χ0) is 31.9. The lowest BCUT2D eigenvalue weighted by molar-refractivity contribution is -0.143. The number of likely N-dealkylation sites (tertiary alicyclic amines) is 1. The molecule has 8 nitrogen and oxygen atoms in total. The normalized spacial score (nSPS) is 15.8. The Kier molecular flexibility index (Phi) is 8.43. The maximum atomic E-state index is 13.8. The molecule has 1 aromatic carbocycles. The first-order chi connectivity index (χ1) is 21.5. The Hall–Kier alpha value is -4.19. The first-order valence-electron chi connectivity index (χ1n) is 15.0. The second-order valence-corrected chi connectivity index (χ2v) is 12.9. The van der Waals surface area contributed by atoms with Gasteiger partial charge >= 0.3 is 12.1 Å². The van der Waals surface area contributed by atoms with Crippen molar-refractivity contribution in [1.29, 1.82) is 0 Å². The minimum atomic E-state index is -4.95. The summed E-state index contributed by atoms with van der Waals surface area (Å²) in [6.45, 7) is 5.85. The van der Waals surface area contributed by atoms with Crippen LogP contribution in [0.3, 0.4) is 0 Å². The molecule has 0 spiro atoms. The molecular weight excluding hydrogens is 605 g/mol. The van der Waals surface area contributed by atoms with Crippen LogP contribution < -0.4 is 4.74 Å². The van der Waals surface area contributed by atoms with E-state index in [2.05, 4.69) is 29.1 Å². The number of hydrogen-bond donors (Lipinski definition) is 1. The molecule has 2 aliphatic rings. The monoisotopic (exact) mass is 638 g/mol. The molecule has 1 aliphatic carbocycles. The number of ether oxygens (including phenoxy) is 1. The summed E-state index contributed by atoms with van der Waals surface area (Å²) in [5.41, 5.74) is 1.28. The van der Waals surface area contributed by atoms with Crippen molar-refractivity contribution in [2.24, 2.45) is 5.92 Å². The fraction of sp³-hybridized carbons (Fsp3) is 0.394. The van der Waals surface area contributed by atoms with Crippen molar-refractivity contribution < 1.29 is 32.6 Å². The van der Waals surface area contributed by atoms with E-state index in [1.165, 1.54) is 23.0 Å². The number of aromatic carboxylic acids is 1. The van der Waals surface area contributed by atoms with Gasteiger partial charge in [0.25, 0.3) is 0 Å². The lowest BCUT2D eigenvalue weighted by Crippen LogP contribution is -2.38. The number of amides is 1. The molecule has 0 radical (unpaired) electrons. The summed E-state index contributed by atoms with van der Waals surface area (Å²) in [7, 11) is 0. The van der Waals surface area contributed by atoms with E-state index in [0.717, 1.165) is 71.8 Å². The number of thiophene rings is 1. The Morgan fingerprint density at radius 2 is 1.82 bits per heavy atom.